The summed E-state index contributed by atoms with van der Waals surface area (Å²) in [5.74, 6) is 0.636. The molecular weight excluding hydrogens is 227 g/mol. The van der Waals surface area contributed by atoms with Gasteiger partial charge in [0.1, 0.15) is 5.82 Å². The number of rotatable bonds is 5. The van der Waals surface area contributed by atoms with Crippen molar-refractivity contribution in [3.05, 3.63) is 29.6 Å². The molecule has 100 valence electrons. The molecule has 2 N–H and O–H groups in total. The molecule has 0 amide bonds. The van der Waals surface area contributed by atoms with E-state index in [-0.39, 0.29) is 5.82 Å². The molecule has 1 atom stereocenters. The molecular formula is C15H23FN2. The van der Waals surface area contributed by atoms with Crippen molar-refractivity contribution in [3.8, 4) is 0 Å². The summed E-state index contributed by atoms with van der Waals surface area (Å²) in [5, 5.41) is 0. The quantitative estimate of drug-likeness (QED) is 0.870. The van der Waals surface area contributed by atoms with E-state index in [1.807, 2.05) is 6.07 Å². The van der Waals surface area contributed by atoms with E-state index < -0.39 is 0 Å². The SMILES string of the molecule is CCCC1CCN(c2ccc(F)cc2CCN)C1. The standard InChI is InChI=1S/C15H23FN2/c1-2-3-12-7-9-18(11-12)15-5-4-14(16)10-13(15)6-8-17/h4-5,10,12H,2-3,6-9,11,17H2,1H3. The lowest BCUT2D eigenvalue weighted by atomic mass is 10.0. The highest BCUT2D eigenvalue weighted by Crippen LogP contribution is 2.29. The zero-order valence-corrected chi connectivity index (χ0v) is 11.2. The Bertz CT molecular complexity index is 392. The van der Waals surface area contributed by atoms with Gasteiger partial charge in [-0.2, -0.15) is 0 Å². The summed E-state index contributed by atoms with van der Waals surface area (Å²) in [7, 11) is 0. The van der Waals surface area contributed by atoms with Gasteiger partial charge in [0.15, 0.2) is 0 Å². The van der Waals surface area contributed by atoms with Crippen molar-refractivity contribution in [2.75, 3.05) is 24.5 Å². The van der Waals surface area contributed by atoms with Crippen LogP contribution in [0.2, 0.25) is 0 Å². The zero-order chi connectivity index (χ0) is 13.0. The molecule has 1 aliphatic heterocycles. The molecule has 1 heterocycles. The van der Waals surface area contributed by atoms with Crippen molar-refractivity contribution < 1.29 is 4.39 Å². The molecule has 1 aliphatic rings. The van der Waals surface area contributed by atoms with Crippen LogP contribution in [0.25, 0.3) is 0 Å². The fraction of sp³-hybridized carbons (Fsp3) is 0.600. The molecule has 1 aromatic rings. The van der Waals surface area contributed by atoms with E-state index in [0.29, 0.717) is 6.54 Å². The maximum Gasteiger partial charge on any atom is 0.123 e. The number of nitrogens with two attached hydrogens (primary N) is 1. The van der Waals surface area contributed by atoms with Crippen LogP contribution < -0.4 is 10.6 Å². The first-order valence-corrected chi connectivity index (χ1v) is 6.98. The molecule has 0 aromatic heterocycles. The van der Waals surface area contributed by atoms with E-state index in [1.54, 1.807) is 12.1 Å². The molecule has 0 radical (unpaired) electrons. The first-order valence-electron chi connectivity index (χ1n) is 6.98. The molecule has 3 heteroatoms. The van der Waals surface area contributed by atoms with Crippen molar-refractivity contribution in [1.29, 1.82) is 0 Å². The van der Waals surface area contributed by atoms with E-state index in [1.165, 1.54) is 24.9 Å². The van der Waals surface area contributed by atoms with Crippen LogP contribution in [0.15, 0.2) is 18.2 Å². The van der Waals surface area contributed by atoms with Gasteiger partial charge in [0, 0.05) is 18.8 Å². The summed E-state index contributed by atoms with van der Waals surface area (Å²) in [6.07, 6.45) is 4.55. The number of halogens is 1. The lowest BCUT2D eigenvalue weighted by Crippen LogP contribution is -2.21. The molecule has 0 aliphatic carbocycles. The molecule has 1 unspecified atom stereocenters. The summed E-state index contributed by atoms with van der Waals surface area (Å²) < 4.78 is 13.3. The number of hydrogen-bond donors (Lipinski definition) is 1. The number of anilines is 1. The number of benzene rings is 1. The van der Waals surface area contributed by atoms with E-state index in [2.05, 4.69) is 11.8 Å². The molecule has 1 saturated heterocycles. The lowest BCUT2D eigenvalue weighted by molar-refractivity contribution is 0.529. The summed E-state index contributed by atoms with van der Waals surface area (Å²) in [6.45, 7) is 5.01. The predicted molar refractivity (Wildman–Crippen MR) is 74.4 cm³/mol. The second kappa shape index (κ2) is 6.19. The van der Waals surface area contributed by atoms with Gasteiger partial charge in [-0.3, -0.25) is 0 Å². The highest BCUT2D eigenvalue weighted by atomic mass is 19.1. The number of nitrogens with zero attached hydrogens (tertiary/aromatic N) is 1. The minimum Gasteiger partial charge on any atom is -0.371 e. The molecule has 0 saturated carbocycles. The Hall–Kier alpha value is -1.09. The van der Waals surface area contributed by atoms with Crippen LogP contribution in [0.3, 0.4) is 0 Å². The van der Waals surface area contributed by atoms with Crippen LogP contribution >= 0.6 is 0 Å². The normalized spacial score (nSPS) is 19.5. The van der Waals surface area contributed by atoms with Gasteiger partial charge in [0.2, 0.25) is 0 Å². The largest absolute Gasteiger partial charge is 0.371 e. The maximum absolute atomic E-state index is 13.3. The monoisotopic (exact) mass is 250 g/mol. The summed E-state index contributed by atoms with van der Waals surface area (Å²) in [6, 6.07) is 5.10. The van der Waals surface area contributed by atoms with Crippen molar-refractivity contribution in [3.63, 3.8) is 0 Å². The predicted octanol–water partition coefficient (Wildman–Crippen LogP) is 2.95. The highest BCUT2D eigenvalue weighted by molar-refractivity contribution is 5.54. The molecule has 1 fully saturated rings. The third kappa shape index (κ3) is 3.02. The Kier molecular flexibility index (Phi) is 4.59. The fourth-order valence-electron chi connectivity index (χ4n) is 2.91. The highest BCUT2D eigenvalue weighted by Gasteiger charge is 2.23. The maximum atomic E-state index is 13.3. The molecule has 0 bridgehead atoms. The third-order valence-corrected chi connectivity index (χ3v) is 3.78. The average molecular weight is 250 g/mol. The van der Waals surface area contributed by atoms with Gasteiger partial charge in [0.25, 0.3) is 0 Å². The number of hydrogen-bond acceptors (Lipinski definition) is 2. The molecule has 0 spiro atoms. The van der Waals surface area contributed by atoms with Crippen LogP contribution in [-0.4, -0.2) is 19.6 Å². The minimum absolute atomic E-state index is 0.161. The van der Waals surface area contributed by atoms with Gasteiger partial charge < -0.3 is 10.6 Å². The van der Waals surface area contributed by atoms with Crippen LogP contribution in [0.5, 0.6) is 0 Å². The van der Waals surface area contributed by atoms with Gasteiger partial charge in [-0.15, -0.1) is 0 Å². The Morgan fingerprint density at radius 1 is 1.44 bits per heavy atom. The second-order valence-corrected chi connectivity index (χ2v) is 5.20. The summed E-state index contributed by atoms with van der Waals surface area (Å²) >= 11 is 0. The Morgan fingerprint density at radius 3 is 3.00 bits per heavy atom. The van der Waals surface area contributed by atoms with Gasteiger partial charge in [-0.1, -0.05) is 13.3 Å². The molecule has 18 heavy (non-hydrogen) atoms. The lowest BCUT2D eigenvalue weighted by Gasteiger charge is -2.22. The Morgan fingerprint density at radius 2 is 2.28 bits per heavy atom. The van der Waals surface area contributed by atoms with Gasteiger partial charge >= 0.3 is 0 Å². The van der Waals surface area contributed by atoms with Crippen LogP contribution in [-0.2, 0) is 6.42 Å². The van der Waals surface area contributed by atoms with Gasteiger partial charge in [-0.25, -0.2) is 4.39 Å². The first kappa shape index (κ1) is 13.3. The van der Waals surface area contributed by atoms with Crippen LogP contribution in [0.1, 0.15) is 31.7 Å². The fourth-order valence-corrected chi connectivity index (χ4v) is 2.91. The van der Waals surface area contributed by atoms with E-state index in [9.17, 15) is 4.39 Å². The van der Waals surface area contributed by atoms with Crippen molar-refractivity contribution in [2.24, 2.45) is 11.7 Å². The minimum atomic E-state index is -0.161. The molecule has 2 rings (SSSR count). The van der Waals surface area contributed by atoms with Crippen molar-refractivity contribution in [1.82, 2.24) is 0 Å². The van der Waals surface area contributed by atoms with Crippen molar-refractivity contribution >= 4 is 5.69 Å². The molecule has 1 aromatic carbocycles. The average Bonchev–Trinajstić information content (AvgIpc) is 2.79. The third-order valence-electron chi connectivity index (χ3n) is 3.78. The van der Waals surface area contributed by atoms with Gasteiger partial charge in [-0.05, 0) is 55.5 Å². The first-order chi connectivity index (χ1) is 8.74. The smallest absolute Gasteiger partial charge is 0.123 e. The summed E-state index contributed by atoms with van der Waals surface area (Å²) in [4.78, 5) is 2.39. The van der Waals surface area contributed by atoms with E-state index in [0.717, 1.165) is 31.0 Å². The van der Waals surface area contributed by atoms with Crippen LogP contribution in [0, 0.1) is 11.7 Å². The summed E-state index contributed by atoms with van der Waals surface area (Å²) in [5.41, 5.74) is 7.84. The van der Waals surface area contributed by atoms with Gasteiger partial charge in [0.05, 0.1) is 0 Å². The van der Waals surface area contributed by atoms with Crippen molar-refractivity contribution in [2.45, 2.75) is 32.6 Å². The van der Waals surface area contributed by atoms with E-state index >= 15 is 0 Å². The zero-order valence-electron chi connectivity index (χ0n) is 11.2. The Balaban J connectivity index is 2.13. The topological polar surface area (TPSA) is 29.3 Å². The second-order valence-electron chi connectivity index (χ2n) is 5.20. The van der Waals surface area contributed by atoms with E-state index in [4.69, 9.17) is 5.73 Å². The molecule has 2 nitrogen and oxygen atoms in total. The van der Waals surface area contributed by atoms with Crippen LogP contribution in [0.4, 0.5) is 10.1 Å². The Labute approximate surface area is 109 Å².